The smallest absolute Gasteiger partial charge is 0.265 e. The van der Waals surface area contributed by atoms with Crippen LogP contribution in [-0.4, -0.2) is 44.5 Å². The molecule has 1 heterocycles. The van der Waals surface area contributed by atoms with Gasteiger partial charge in [-0.25, -0.2) is 13.9 Å². The third-order valence-corrected chi connectivity index (χ3v) is 9.30. The molecule has 2 aliphatic rings. The van der Waals surface area contributed by atoms with E-state index in [1.807, 2.05) is 0 Å². The van der Waals surface area contributed by atoms with Gasteiger partial charge in [0.15, 0.2) is 14.6 Å². The molecule has 172 valence electrons. The van der Waals surface area contributed by atoms with Gasteiger partial charge in [-0.05, 0) is 99.1 Å². The highest BCUT2D eigenvalue weighted by atomic mass is 32.2. The molecule has 1 aliphatic carbocycles. The standard InChI is InChI=1S/C23H28N2O6S/c1-30-17-2-4-18(5-3-17)31-19-6-8-20(9-7-19)32(28,29)23(21(26)25-27)11-10-22(16-23)12-14-24-15-13-22/h2-9,24,27H,10-16H2,1H3,(H,25,26). The van der Waals surface area contributed by atoms with Crippen LogP contribution in [0.2, 0.25) is 0 Å². The number of hydrogen-bond acceptors (Lipinski definition) is 7. The lowest BCUT2D eigenvalue weighted by Crippen LogP contribution is -2.51. The van der Waals surface area contributed by atoms with Gasteiger partial charge in [0.2, 0.25) is 0 Å². The molecule has 2 aromatic rings. The highest BCUT2D eigenvalue weighted by molar-refractivity contribution is 7.93. The van der Waals surface area contributed by atoms with E-state index in [0.717, 1.165) is 25.9 Å². The average Bonchev–Trinajstić information content (AvgIpc) is 3.20. The van der Waals surface area contributed by atoms with Crippen LogP contribution in [0.4, 0.5) is 0 Å². The van der Waals surface area contributed by atoms with Gasteiger partial charge in [-0.3, -0.25) is 10.0 Å². The summed E-state index contributed by atoms with van der Waals surface area (Å²) in [5, 5.41) is 12.7. The topological polar surface area (TPSA) is 114 Å². The molecule has 4 rings (SSSR count). The van der Waals surface area contributed by atoms with E-state index in [0.29, 0.717) is 23.7 Å². The number of hydroxylamine groups is 1. The van der Waals surface area contributed by atoms with Crippen molar-refractivity contribution in [3.05, 3.63) is 48.5 Å². The first-order chi connectivity index (χ1) is 15.3. The molecule has 2 fully saturated rings. The Hall–Kier alpha value is -2.62. The van der Waals surface area contributed by atoms with Crippen molar-refractivity contribution in [3.8, 4) is 17.2 Å². The van der Waals surface area contributed by atoms with Crippen LogP contribution >= 0.6 is 0 Å². The molecule has 1 spiro atoms. The van der Waals surface area contributed by atoms with Crippen molar-refractivity contribution in [2.75, 3.05) is 20.2 Å². The largest absolute Gasteiger partial charge is 0.497 e. The molecule has 0 aromatic heterocycles. The van der Waals surface area contributed by atoms with E-state index in [4.69, 9.17) is 9.47 Å². The summed E-state index contributed by atoms with van der Waals surface area (Å²) in [6, 6.07) is 13.1. The van der Waals surface area contributed by atoms with E-state index in [-0.39, 0.29) is 23.2 Å². The summed E-state index contributed by atoms with van der Waals surface area (Å²) in [4.78, 5) is 12.8. The Morgan fingerprint density at radius 3 is 2.06 bits per heavy atom. The van der Waals surface area contributed by atoms with Gasteiger partial charge in [0.25, 0.3) is 5.91 Å². The molecular formula is C23H28N2O6S. The molecule has 1 aliphatic heterocycles. The number of carbonyl (C=O) groups is 1. The summed E-state index contributed by atoms with van der Waals surface area (Å²) in [7, 11) is -2.47. The van der Waals surface area contributed by atoms with Gasteiger partial charge in [0, 0.05) is 0 Å². The quantitative estimate of drug-likeness (QED) is 0.448. The van der Waals surface area contributed by atoms with Crippen LogP contribution in [-0.2, 0) is 14.6 Å². The van der Waals surface area contributed by atoms with E-state index in [1.165, 1.54) is 12.1 Å². The lowest BCUT2D eigenvalue weighted by atomic mass is 9.77. The summed E-state index contributed by atoms with van der Waals surface area (Å²) in [6.45, 7) is 1.60. The predicted octanol–water partition coefficient (Wildman–Crippen LogP) is 3.06. The third kappa shape index (κ3) is 3.96. The normalized spacial score (nSPS) is 22.4. The van der Waals surface area contributed by atoms with Gasteiger partial charge in [0.05, 0.1) is 12.0 Å². The maximum Gasteiger partial charge on any atom is 0.265 e. The van der Waals surface area contributed by atoms with Crippen molar-refractivity contribution < 1.29 is 27.9 Å². The number of amides is 1. The zero-order valence-electron chi connectivity index (χ0n) is 18.0. The molecule has 1 amide bonds. The Bertz CT molecular complexity index is 1060. The van der Waals surface area contributed by atoms with Crippen molar-refractivity contribution >= 4 is 15.7 Å². The molecule has 0 bridgehead atoms. The maximum absolute atomic E-state index is 13.7. The zero-order valence-corrected chi connectivity index (χ0v) is 18.8. The second-order valence-corrected chi connectivity index (χ2v) is 10.9. The molecule has 32 heavy (non-hydrogen) atoms. The Kier molecular flexibility index (Phi) is 6.15. The van der Waals surface area contributed by atoms with E-state index in [2.05, 4.69) is 5.32 Å². The van der Waals surface area contributed by atoms with E-state index in [9.17, 15) is 18.4 Å². The van der Waals surface area contributed by atoms with E-state index >= 15 is 0 Å². The lowest BCUT2D eigenvalue weighted by molar-refractivity contribution is -0.132. The number of methoxy groups -OCH3 is 1. The number of sulfone groups is 1. The van der Waals surface area contributed by atoms with Crippen molar-refractivity contribution in [1.82, 2.24) is 10.8 Å². The van der Waals surface area contributed by atoms with Crippen molar-refractivity contribution in [2.45, 2.75) is 41.7 Å². The zero-order chi connectivity index (χ0) is 22.8. The number of piperidine rings is 1. The molecule has 9 heteroatoms. The monoisotopic (exact) mass is 460 g/mol. The van der Waals surface area contributed by atoms with Gasteiger partial charge in [-0.1, -0.05) is 0 Å². The first-order valence-corrected chi connectivity index (χ1v) is 12.1. The molecule has 0 radical (unpaired) electrons. The van der Waals surface area contributed by atoms with Gasteiger partial charge < -0.3 is 14.8 Å². The summed E-state index contributed by atoms with van der Waals surface area (Å²) in [5.41, 5.74) is 1.42. The Morgan fingerprint density at radius 2 is 1.50 bits per heavy atom. The Balaban J connectivity index is 1.59. The van der Waals surface area contributed by atoms with Crippen LogP contribution in [0.1, 0.15) is 32.1 Å². The van der Waals surface area contributed by atoms with Crippen LogP contribution in [0, 0.1) is 5.41 Å². The number of carbonyl (C=O) groups excluding carboxylic acids is 1. The Labute approximate surface area is 187 Å². The fraction of sp³-hybridized carbons (Fsp3) is 0.435. The summed E-state index contributed by atoms with van der Waals surface area (Å²) in [6.07, 6.45) is 2.67. The fourth-order valence-electron chi connectivity index (χ4n) is 4.97. The third-order valence-electron chi connectivity index (χ3n) is 6.84. The minimum absolute atomic E-state index is 0.0363. The SMILES string of the molecule is COc1ccc(Oc2ccc(S(=O)(=O)C3(C(=O)NO)CCC4(CCNCC4)C3)cc2)cc1. The molecule has 2 aromatic carbocycles. The number of ether oxygens (including phenoxy) is 2. The highest BCUT2D eigenvalue weighted by Crippen LogP contribution is 2.54. The number of nitrogens with one attached hydrogen (secondary N) is 2. The minimum Gasteiger partial charge on any atom is -0.497 e. The predicted molar refractivity (Wildman–Crippen MR) is 118 cm³/mol. The second-order valence-electron chi connectivity index (χ2n) is 8.61. The number of hydrogen-bond donors (Lipinski definition) is 3. The van der Waals surface area contributed by atoms with E-state index in [1.54, 1.807) is 49.0 Å². The molecule has 3 N–H and O–H groups in total. The van der Waals surface area contributed by atoms with Gasteiger partial charge >= 0.3 is 0 Å². The van der Waals surface area contributed by atoms with Gasteiger partial charge in [-0.15, -0.1) is 0 Å². The number of benzene rings is 2. The molecular weight excluding hydrogens is 432 g/mol. The van der Waals surface area contributed by atoms with E-state index < -0.39 is 20.5 Å². The highest BCUT2D eigenvalue weighted by Gasteiger charge is 2.60. The van der Waals surface area contributed by atoms with Crippen molar-refractivity contribution in [1.29, 1.82) is 0 Å². The minimum atomic E-state index is -4.05. The molecule has 1 saturated heterocycles. The van der Waals surface area contributed by atoms with Crippen LogP contribution in [0.25, 0.3) is 0 Å². The lowest BCUT2D eigenvalue weighted by Gasteiger charge is -2.36. The van der Waals surface area contributed by atoms with Crippen LogP contribution in [0.3, 0.4) is 0 Å². The first-order valence-electron chi connectivity index (χ1n) is 10.7. The second kappa shape index (κ2) is 8.73. The van der Waals surface area contributed by atoms with Crippen molar-refractivity contribution in [3.63, 3.8) is 0 Å². The van der Waals surface area contributed by atoms with Crippen molar-refractivity contribution in [2.24, 2.45) is 5.41 Å². The van der Waals surface area contributed by atoms with Crippen LogP contribution < -0.4 is 20.3 Å². The molecule has 8 nitrogen and oxygen atoms in total. The number of rotatable bonds is 6. The average molecular weight is 461 g/mol. The molecule has 1 unspecified atom stereocenters. The van der Waals surface area contributed by atoms with Gasteiger partial charge in [-0.2, -0.15) is 0 Å². The van der Waals surface area contributed by atoms with Gasteiger partial charge in [0.1, 0.15) is 17.2 Å². The molecule has 1 saturated carbocycles. The summed E-state index contributed by atoms with van der Waals surface area (Å²) < 4.78 is 36.6. The fourth-order valence-corrected chi connectivity index (χ4v) is 7.08. The summed E-state index contributed by atoms with van der Waals surface area (Å²) in [5.74, 6) is 0.901. The maximum atomic E-state index is 13.7. The van der Waals surface area contributed by atoms with Crippen LogP contribution in [0.15, 0.2) is 53.4 Å². The summed E-state index contributed by atoms with van der Waals surface area (Å²) >= 11 is 0. The first kappa shape index (κ1) is 22.6. The van der Waals surface area contributed by atoms with Crippen LogP contribution in [0.5, 0.6) is 17.2 Å². The Morgan fingerprint density at radius 1 is 0.938 bits per heavy atom. The molecule has 1 atom stereocenters.